The number of hydrogen-bond donors (Lipinski definition) is 1. The third-order valence-electron chi connectivity index (χ3n) is 2.87. The topological polar surface area (TPSA) is 49.8 Å². The minimum atomic E-state index is -0.540. The first-order valence-electron chi connectivity index (χ1n) is 6.36. The van der Waals surface area contributed by atoms with E-state index < -0.39 is 12.2 Å². The maximum Gasteiger partial charge on any atom is 0.414 e. The van der Waals surface area contributed by atoms with Gasteiger partial charge in [0.15, 0.2) is 0 Å². The van der Waals surface area contributed by atoms with Crippen molar-refractivity contribution in [1.29, 1.82) is 0 Å². The fourth-order valence-electron chi connectivity index (χ4n) is 1.70. The summed E-state index contributed by atoms with van der Waals surface area (Å²) >= 11 is 1.51. The lowest BCUT2D eigenvalue weighted by Gasteiger charge is -2.18. The summed E-state index contributed by atoms with van der Waals surface area (Å²) in [7, 11) is 1.66. The minimum Gasteiger partial charge on any atom is -0.410 e. The Kier molecular flexibility index (Phi) is 5.15. The number of amides is 1. The summed E-state index contributed by atoms with van der Waals surface area (Å²) in [6.45, 7) is 0.435. The van der Waals surface area contributed by atoms with Crippen molar-refractivity contribution < 1.29 is 14.6 Å². The minimum absolute atomic E-state index is 0.422. The summed E-state index contributed by atoms with van der Waals surface area (Å²) < 4.78 is 5.21. The van der Waals surface area contributed by atoms with Gasteiger partial charge >= 0.3 is 6.09 Å². The molecule has 0 aliphatic carbocycles. The molecule has 1 aromatic carbocycles. The van der Waals surface area contributed by atoms with Gasteiger partial charge in [-0.25, -0.2) is 4.79 Å². The van der Waals surface area contributed by atoms with Crippen LogP contribution in [0.1, 0.15) is 17.4 Å². The van der Waals surface area contributed by atoms with E-state index in [9.17, 15) is 9.90 Å². The van der Waals surface area contributed by atoms with Crippen LogP contribution < -0.4 is 4.74 Å². The van der Waals surface area contributed by atoms with Crippen LogP contribution in [0.15, 0.2) is 47.8 Å². The van der Waals surface area contributed by atoms with Gasteiger partial charge in [0.05, 0.1) is 6.10 Å². The Balaban J connectivity index is 1.79. The summed E-state index contributed by atoms with van der Waals surface area (Å²) in [6.07, 6.45) is -0.475. The summed E-state index contributed by atoms with van der Waals surface area (Å²) in [5, 5.41) is 11.9. The van der Waals surface area contributed by atoms with Crippen molar-refractivity contribution in [3.63, 3.8) is 0 Å². The molecule has 1 heterocycles. The number of rotatable bonds is 5. The monoisotopic (exact) mass is 291 g/mol. The Morgan fingerprint density at radius 1 is 1.30 bits per heavy atom. The van der Waals surface area contributed by atoms with Gasteiger partial charge in [-0.15, -0.1) is 11.3 Å². The molecule has 1 aromatic heterocycles. The standard InChI is InChI=1S/C15H17NO3S/c1-16(10-9-13(17)14-8-5-11-20-14)15(18)19-12-6-3-2-4-7-12/h2-8,11,13,17H,9-10H2,1H3. The van der Waals surface area contributed by atoms with Crippen molar-refractivity contribution >= 4 is 17.4 Å². The molecular formula is C15H17NO3S. The van der Waals surface area contributed by atoms with E-state index >= 15 is 0 Å². The van der Waals surface area contributed by atoms with E-state index in [0.29, 0.717) is 18.7 Å². The van der Waals surface area contributed by atoms with Crippen molar-refractivity contribution in [3.05, 3.63) is 52.7 Å². The van der Waals surface area contributed by atoms with Crippen molar-refractivity contribution in [2.75, 3.05) is 13.6 Å². The van der Waals surface area contributed by atoms with E-state index in [2.05, 4.69) is 0 Å². The van der Waals surface area contributed by atoms with Crippen LogP contribution in [-0.4, -0.2) is 29.7 Å². The number of ether oxygens (including phenoxy) is 1. The third kappa shape index (κ3) is 4.08. The van der Waals surface area contributed by atoms with Gasteiger partial charge in [-0.2, -0.15) is 0 Å². The van der Waals surface area contributed by atoms with Gasteiger partial charge in [0, 0.05) is 18.5 Å². The first-order valence-corrected chi connectivity index (χ1v) is 7.24. The van der Waals surface area contributed by atoms with Crippen LogP contribution in [0.4, 0.5) is 4.79 Å². The van der Waals surface area contributed by atoms with E-state index in [1.807, 2.05) is 35.7 Å². The predicted molar refractivity (Wildman–Crippen MR) is 79.0 cm³/mol. The normalized spacial score (nSPS) is 11.9. The molecule has 1 atom stereocenters. The van der Waals surface area contributed by atoms with Crippen LogP contribution in [0.2, 0.25) is 0 Å². The maximum atomic E-state index is 11.8. The van der Waals surface area contributed by atoms with E-state index in [-0.39, 0.29) is 0 Å². The van der Waals surface area contributed by atoms with Crippen LogP contribution in [0.25, 0.3) is 0 Å². The summed E-state index contributed by atoms with van der Waals surface area (Å²) in [5.74, 6) is 0.517. The highest BCUT2D eigenvalue weighted by Gasteiger charge is 2.14. The van der Waals surface area contributed by atoms with E-state index in [0.717, 1.165) is 4.88 Å². The van der Waals surface area contributed by atoms with E-state index in [1.165, 1.54) is 16.2 Å². The molecule has 20 heavy (non-hydrogen) atoms. The number of hydrogen-bond acceptors (Lipinski definition) is 4. The Morgan fingerprint density at radius 3 is 2.70 bits per heavy atom. The molecule has 0 aliphatic rings. The molecule has 5 heteroatoms. The average Bonchev–Trinajstić information content (AvgIpc) is 2.99. The molecule has 0 aliphatic heterocycles. The summed E-state index contributed by atoms with van der Waals surface area (Å²) in [6, 6.07) is 12.7. The number of thiophene rings is 1. The molecule has 0 saturated heterocycles. The Morgan fingerprint density at radius 2 is 2.05 bits per heavy atom. The van der Waals surface area contributed by atoms with Crippen molar-refractivity contribution in [1.82, 2.24) is 4.90 Å². The molecule has 2 rings (SSSR count). The molecule has 0 radical (unpaired) electrons. The zero-order valence-electron chi connectivity index (χ0n) is 11.2. The summed E-state index contributed by atoms with van der Waals surface area (Å²) in [5.41, 5.74) is 0. The Bertz CT molecular complexity index is 527. The van der Waals surface area contributed by atoms with Crippen molar-refractivity contribution in [2.24, 2.45) is 0 Å². The zero-order chi connectivity index (χ0) is 14.4. The highest BCUT2D eigenvalue weighted by atomic mass is 32.1. The molecule has 0 saturated carbocycles. The lowest BCUT2D eigenvalue weighted by atomic mass is 10.2. The van der Waals surface area contributed by atoms with Gasteiger partial charge in [-0.05, 0) is 30.0 Å². The first-order chi connectivity index (χ1) is 9.66. The molecule has 0 spiro atoms. The highest BCUT2D eigenvalue weighted by Crippen LogP contribution is 2.21. The second kappa shape index (κ2) is 7.07. The quantitative estimate of drug-likeness (QED) is 0.919. The second-order valence-electron chi connectivity index (χ2n) is 4.42. The third-order valence-corrected chi connectivity index (χ3v) is 3.84. The fraction of sp³-hybridized carbons (Fsp3) is 0.267. The Labute approximate surface area is 122 Å². The largest absolute Gasteiger partial charge is 0.414 e. The van der Waals surface area contributed by atoms with Gasteiger partial charge in [0.25, 0.3) is 0 Å². The number of para-hydroxylation sites is 1. The lowest BCUT2D eigenvalue weighted by molar-refractivity contribution is 0.136. The number of nitrogens with zero attached hydrogens (tertiary/aromatic N) is 1. The number of carbonyl (C=O) groups excluding carboxylic acids is 1. The lowest BCUT2D eigenvalue weighted by Crippen LogP contribution is -2.31. The second-order valence-corrected chi connectivity index (χ2v) is 5.40. The number of aliphatic hydroxyl groups excluding tert-OH is 1. The van der Waals surface area contributed by atoms with Gasteiger partial charge in [0.2, 0.25) is 0 Å². The number of carbonyl (C=O) groups is 1. The van der Waals surface area contributed by atoms with Crippen LogP contribution in [0, 0.1) is 0 Å². The number of benzene rings is 1. The van der Waals surface area contributed by atoms with Crippen LogP contribution in [0.5, 0.6) is 5.75 Å². The molecule has 4 nitrogen and oxygen atoms in total. The van der Waals surface area contributed by atoms with Gasteiger partial charge in [-0.1, -0.05) is 24.3 Å². The Hall–Kier alpha value is -1.85. The zero-order valence-corrected chi connectivity index (χ0v) is 12.0. The molecule has 0 fully saturated rings. The summed E-state index contributed by atoms with van der Waals surface area (Å²) in [4.78, 5) is 14.2. The van der Waals surface area contributed by atoms with Crippen molar-refractivity contribution in [3.8, 4) is 5.75 Å². The van der Waals surface area contributed by atoms with Gasteiger partial charge in [-0.3, -0.25) is 0 Å². The predicted octanol–water partition coefficient (Wildman–Crippen LogP) is 3.30. The average molecular weight is 291 g/mol. The molecule has 1 amide bonds. The van der Waals surface area contributed by atoms with Crippen LogP contribution >= 0.6 is 11.3 Å². The van der Waals surface area contributed by atoms with Crippen LogP contribution in [0.3, 0.4) is 0 Å². The molecule has 106 valence electrons. The van der Waals surface area contributed by atoms with Crippen LogP contribution in [-0.2, 0) is 0 Å². The molecule has 0 bridgehead atoms. The fourth-order valence-corrected chi connectivity index (χ4v) is 2.44. The van der Waals surface area contributed by atoms with Gasteiger partial charge in [0.1, 0.15) is 5.75 Å². The molecule has 2 aromatic rings. The molecular weight excluding hydrogens is 274 g/mol. The van der Waals surface area contributed by atoms with E-state index in [4.69, 9.17) is 4.74 Å². The highest BCUT2D eigenvalue weighted by molar-refractivity contribution is 7.10. The smallest absolute Gasteiger partial charge is 0.410 e. The SMILES string of the molecule is CN(CCC(O)c1cccs1)C(=O)Oc1ccccc1. The number of aliphatic hydroxyl groups is 1. The molecule has 1 unspecified atom stereocenters. The van der Waals surface area contributed by atoms with E-state index in [1.54, 1.807) is 19.2 Å². The maximum absolute atomic E-state index is 11.8. The molecule has 1 N–H and O–H groups in total. The van der Waals surface area contributed by atoms with Gasteiger partial charge < -0.3 is 14.7 Å². The first kappa shape index (κ1) is 14.6. The van der Waals surface area contributed by atoms with Crippen molar-refractivity contribution in [2.45, 2.75) is 12.5 Å².